The molecule has 0 aromatic carbocycles. The Morgan fingerprint density at radius 1 is 1.62 bits per heavy atom. The zero-order valence-corrected chi connectivity index (χ0v) is 9.43. The van der Waals surface area contributed by atoms with Gasteiger partial charge in [0.05, 0.1) is 0 Å². The Labute approximate surface area is 83.0 Å². The highest BCUT2D eigenvalue weighted by atomic mass is 32.2. The van der Waals surface area contributed by atoms with E-state index in [1.807, 2.05) is 14.1 Å². The summed E-state index contributed by atoms with van der Waals surface area (Å²) in [6.45, 7) is 1.99. The number of nitrogens with one attached hydrogen (secondary N) is 1. The molecule has 1 N–H and O–H groups in total. The third-order valence-electron chi connectivity index (χ3n) is 2.45. The second-order valence-electron chi connectivity index (χ2n) is 3.69. The van der Waals surface area contributed by atoms with Crippen molar-refractivity contribution in [2.45, 2.75) is 18.9 Å². The molecular formula is C8H19N3OS. The van der Waals surface area contributed by atoms with E-state index in [9.17, 15) is 4.21 Å². The van der Waals surface area contributed by atoms with Crippen LogP contribution < -0.4 is 4.72 Å². The lowest BCUT2D eigenvalue weighted by atomic mass is 10.2. The second kappa shape index (κ2) is 5.05. The highest BCUT2D eigenvalue weighted by Gasteiger charge is 2.20. The summed E-state index contributed by atoms with van der Waals surface area (Å²) in [4.78, 5) is 2.32. The summed E-state index contributed by atoms with van der Waals surface area (Å²) < 4.78 is 16.0. The summed E-state index contributed by atoms with van der Waals surface area (Å²) >= 11 is -1.03. The SMILES string of the molecule is CN1CCC[C@H]1CNS(=O)N(C)C. The van der Waals surface area contributed by atoms with Crippen molar-refractivity contribution in [2.75, 3.05) is 34.2 Å². The van der Waals surface area contributed by atoms with Gasteiger partial charge in [0.15, 0.2) is 11.2 Å². The van der Waals surface area contributed by atoms with Gasteiger partial charge in [-0.05, 0) is 26.4 Å². The Bertz CT molecular complexity index is 186. The largest absolute Gasteiger partial charge is 0.302 e. The van der Waals surface area contributed by atoms with E-state index in [2.05, 4.69) is 16.7 Å². The van der Waals surface area contributed by atoms with Crippen LogP contribution in [0.2, 0.25) is 0 Å². The maximum absolute atomic E-state index is 11.3. The van der Waals surface area contributed by atoms with Crippen molar-refractivity contribution in [1.82, 2.24) is 13.9 Å². The third-order valence-corrected chi connectivity index (χ3v) is 3.52. The van der Waals surface area contributed by atoms with Gasteiger partial charge in [-0.15, -0.1) is 0 Å². The van der Waals surface area contributed by atoms with E-state index in [0.29, 0.717) is 6.04 Å². The van der Waals surface area contributed by atoms with E-state index in [1.165, 1.54) is 19.4 Å². The molecule has 1 aliphatic heterocycles. The van der Waals surface area contributed by atoms with Crippen LogP contribution in [0.1, 0.15) is 12.8 Å². The first-order valence-electron chi connectivity index (χ1n) is 4.64. The summed E-state index contributed by atoms with van der Waals surface area (Å²) in [6.07, 6.45) is 2.48. The molecule has 0 aromatic rings. The zero-order chi connectivity index (χ0) is 9.84. The fourth-order valence-electron chi connectivity index (χ4n) is 1.53. The molecule has 0 aliphatic carbocycles. The smallest absolute Gasteiger partial charge is 0.169 e. The Kier molecular flexibility index (Phi) is 4.31. The van der Waals surface area contributed by atoms with Gasteiger partial charge in [0.2, 0.25) is 0 Å². The number of likely N-dealkylation sites (tertiary alicyclic amines) is 1. The third kappa shape index (κ3) is 3.34. The number of nitrogens with zero attached hydrogens (tertiary/aromatic N) is 2. The molecule has 0 saturated carbocycles. The lowest BCUT2D eigenvalue weighted by Crippen LogP contribution is -2.39. The maximum Gasteiger partial charge on any atom is 0.169 e. The molecule has 4 nitrogen and oxygen atoms in total. The predicted octanol–water partition coefficient (Wildman–Crippen LogP) is -0.189. The van der Waals surface area contributed by atoms with Crippen molar-refractivity contribution < 1.29 is 4.21 Å². The van der Waals surface area contributed by atoms with Crippen LogP contribution in [0.15, 0.2) is 0 Å². The minimum atomic E-state index is -1.03. The molecule has 2 atom stereocenters. The van der Waals surface area contributed by atoms with Crippen LogP contribution in [0.4, 0.5) is 0 Å². The summed E-state index contributed by atoms with van der Waals surface area (Å²) in [5, 5.41) is 0. The van der Waals surface area contributed by atoms with Crippen molar-refractivity contribution >= 4 is 11.2 Å². The summed E-state index contributed by atoms with van der Waals surface area (Å²) in [5.74, 6) is 0. The standard InChI is InChI=1S/C8H19N3OS/c1-10(2)13(12)9-7-8-5-4-6-11(8)3/h8-9H,4-7H2,1-3H3/t8-,13?/m0/s1. The predicted molar refractivity (Wildman–Crippen MR) is 55.5 cm³/mol. The molecule has 1 heterocycles. The van der Waals surface area contributed by atoms with Gasteiger partial charge in [-0.3, -0.25) is 0 Å². The van der Waals surface area contributed by atoms with Crippen LogP contribution in [0.5, 0.6) is 0 Å². The molecule has 1 unspecified atom stereocenters. The first-order chi connectivity index (χ1) is 6.11. The topological polar surface area (TPSA) is 35.6 Å². The number of hydrogen-bond acceptors (Lipinski definition) is 2. The summed E-state index contributed by atoms with van der Waals surface area (Å²) in [6, 6.07) is 0.559. The molecule has 1 aliphatic rings. The first kappa shape index (κ1) is 11.1. The Balaban J connectivity index is 2.22. The number of hydrogen-bond donors (Lipinski definition) is 1. The Morgan fingerprint density at radius 3 is 2.77 bits per heavy atom. The number of rotatable bonds is 4. The van der Waals surface area contributed by atoms with Crippen LogP contribution in [0.25, 0.3) is 0 Å². The fourth-order valence-corrected chi connectivity index (χ4v) is 2.13. The van der Waals surface area contributed by atoms with E-state index in [1.54, 1.807) is 4.31 Å². The molecule has 0 amide bonds. The Hall–Kier alpha value is 0.0300. The molecule has 0 radical (unpaired) electrons. The molecule has 0 bridgehead atoms. The quantitative estimate of drug-likeness (QED) is 0.690. The molecule has 5 heteroatoms. The molecular weight excluding hydrogens is 186 g/mol. The van der Waals surface area contributed by atoms with E-state index in [-0.39, 0.29) is 0 Å². The van der Waals surface area contributed by atoms with Crippen LogP contribution in [-0.4, -0.2) is 53.7 Å². The second-order valence-corrected chi connectivity index (χ2v) is 5.20. The van der Waals surface area contributed by atoms with Gasteiger partial charge < -0.3 is 4.90 Å². The normalized spacial score (nSPS) is 26.9. The summed E-state index contributed by atoms with van der Waals surface area (Å²) in [5.41, 5.74) is 0. The van der Waals surface area contributed by atoms with Crippen LogP contribution >= 0.6 is 0 Å². The van der Waals surface area contributed by atoms with E-state index < -0.39 is 11.2 Å². The Morgan fingerprint density at radius 2 is 2.31 bits per heavy atom. The van der Waals surface area contributed by atoms with Gasteiger partial charge in [-0.2, -0.15) is 0 Å². The van der Waals surface area contributed by atoms with Gasteiger partial charge >= 0.3 is 0 Å². The lowest BCUT2D eigenvalue weighted by Gasteiger charge is -2.20. The van der Waals surface area contributed by atoms with E-state index >= 15 is 0 Å². The van der Waals surface area contributed by atoms with Crippen molar-refractivity contribution in [1.29, 1.82) is 0 Å². The van der Waals surface area contributed by atoms with Gasteiger partial charge in [0.1, 0.15) is 0 Å². The maximum atomic E-state index is 11.3. The van der Waals surface area contributed by atoms with Crippen LogP contribution in [0.3, 0.4) is 0 Å². The molecule has 78 valence electrons. The first-order valence-corrected chi connectivity index (χ1v) is 5.75. The molecule has 1 fully saturated rings. The number of likely N-dealkylation sites (N-methyl/N-ethyl adjacent to an activating group) is 1. The minimum absolute atomic E-state index is 0.559. The van der Waals surface area contributed by atoms with Crippen molar-refractivity contribution in [2.24, 2.45) is 0 Å². The lowest BCUT2D eigenvalue weighted by molar-refractivity contribution is 0.311. The van der Waals surface area contributed by atoms with Crippen molar-refractivity contribution in [3.05, 3.63) is 0 Å². The molecule has 0 spiro atoms. The monoisotopic (exact) mass is 205 g/mol. The van der Waals surface area contributed by atoms with Gasteiger partial charge in [0, 0.05) is 26.7 Å². The van der Waals surface area contributed by atoms with Crippen LogP contribution in [0, 0.1) is 0 Å². The van der Waals surface area contributed by atoms with Gasteiger partial charge in [-0.25, -0.2) is 13.2 Å². The van der Waals surface area contributed by atoms with Gasteiger partial charge in [0.25, 0.3) is 0 Å². The fraction of sp³-hybridized carbons (Fsp3) is 1.00. The highest BCUT2D eigenvalue weighted by molar-refractivity contribution is 7.80. The molecule has 0 aromatic heterocycles. The average molecular weight is 205 g/mol. The van der Waals surface area contributed by atoms with Gasteiger partial charge in [-0.1, -0.05) is 0 Å². The molecule has 1 rings (SSSR count). The van der Waals surface area contributed by atoms with E-state index in [4.69, 9.17) is 0 Å². The van der Waals surface area contributed by atoms with Crippen molar-refractivity contribution in [3.8, 4) is 0 Å². The average Bonchev–Trinajstić information content (AvgIpc) is 2.47. The van der Waals surface area contributed by atoms with E-state index in [0.717, 1.165) is 6.54 Å². The highest BCUT2D eigenvalue weighted by Crippen LogP contribution is 2.13. The zero-order valence-electron chi connectivity index (χ0n) is 8.62. The molecule has 1 saturated heterocycles. The molecule has 13 heavy (non-hydrogen) atoms. The van der Waals surface area contributed by atoms with Crippen LogP contribution in [-0.2, 0) is 11.2 Å². The summed E-state index contributed by atoms with van der Waals surface area (Å²) in [7, 11) is 5.74. The van der Waals surface area contributed by atoms with Crippen molar-refractivity contribution in [3.63, 3.8) is 0 Å². The minimum Gasteiger partial charge on any atom is -0.302 e.